The van der Waals surface area contributed by atoms with Crippen LogP contribution < -0.4 is 10.2 Å². The minimum Gasteiger partial charge on any atom is -0.348 e. The molecule has 0 bridgehead atoms. The van der Waals surface area contributed by atoms with Gasteiger partial charge in [-0.1, -0.05) is 5.92 Å². The Balaban J connectivity index is 2.13. The molecule has 1 fully saturated rings. The van der Waals surface area contributed by atoms with Gasteiger partial charge in [0.2, 0.25) is 0 Å². The third-order valence-electron chi connectivity index (χ3n) is 2.76. The molecule has 2 rings (SSSR count). The van der Waals surface area contributed by atoms with Crippen LogP contribution in [0.3, 0.4) is 0 Å². The molecular weight excluding hydrogens is 278 g/mol. The zero-order chi connectivity index (χ0) is 12.3. The largest absolute Gasteiger partial charge is 0.348 e. The summed E-state index contributed by atoms with van der Waals surface area (Å²) < 4.78 is 1.00. The quantitative estimate of drug-likeness (QED) is 0.844. The number of aromatic nitrogens is 1. The number of terminal acetylenes is 1. The van der Waals surface area contributed by atoms with E-state index in [9.17, 15) is 0 Å². The number of halogens is 1. The van der Waals surface area contributed by atoms with Crippen molar-refractivity contribution in [2.24, 2.45) is 0 Å². The van der Waals surface area contributed by atoms with E-state index in [-0.39, 0.29) is 0 Å². The molecule has 17 heavy (non-hydrogen) atoms. The zero-order valence-corrected chi connectivity index (χ0v) is 11.5. The van der Waals surface area contributed by atoms with Crippen LogP contribution in [0.4, 0.5) is 5.82 Å². The second-order valence-corrected chi connectivity index (χ2v) is 5.27. The van der Waals surface area contributed by atoms with Crippen LogP contribution in [0.5, 0.6) is 0 Å². The van der Waals surface area contributed by atoms with E-state index < -0.39 is 0 Å². The molecule has 1 N–H and O–H groups in total. The van der Waals surface area contributed by atoms with Crippen molar-refractivity contribution in [3.8, 4) is 12.3 Å². The van der Waals surface area contributed by atoms with Crippen LogP contribution >= 0.6 is 15.9 Å². The van der Waals surface area contributed by atoms with Crippen LogP contribution in [0.1, 0.15) is 18.4 Å². The van der Waals surface area contributed by atoms with Gasteiger partial charge in [-0.15, -0.1) is 6.42 Å². The monoisotopic (exact) mass is 293 g/mol. The first kappa shape index (κ1) is 12.4. The summed E-state index contributed by atoms with van der Waals surface area (Å²) in [6.45, 7) is 1.42. The molecule has 0 unspecified atom stereocenters. The molecule has 90 valence electrons. The molecule has 0 atom stereocenters. The molecular formula is C13H16BrN3. The smallest absolute Gasteiger partial charge is 0.133 e. The molecule has 1 saturated carbocycles. The topological polar surface area (TPSA) is 28.2 Å². The Morgan fingerprint density at radius 1 is 1.65 bits per heavy atom. The van der Waals surface area contributed by atoms with Gasteiger partial charge in [-0.05, 0) is 34.8 Å². The molecule has 0 radical (unpaired) electrons. The van der Waals surface area contributed by atoms with Crippen molar-refractivity contribution >= 4 is 21.7 Å². The summed E-state index contributed by atoms with van der Waals surface area (Å²) in [6, 6.07) is 2.80. The molecule has 3 nitrogen and oxygen atoms in total. The number of nitrogens with zero attached hydrogens (tertiary/aromatic N) is 2. The highest BCUT2D eigenvalue weighted by Crippen LogP contribution is 2.23. The fourth-order valence-electron chi connectivity index (χ4n) is 1.70. The molecule has 0 aliphatic heterocycles. The maximum atomic E-state index is 5.33. The first-order valence-corrected chi connectivity index (χ1v) is 6.52. The minimum absolute atomic E-state index is 0.574. The summed E-state index contributed by atoms with van der Waals surface area (Å²) in [6.07, 6.45) is 9.72. The fourth-order valence-corrected chi connectivity index (χ4v) is 2.08. The summed E-state index contributed by atoms with van der Waals surface area (Å²) in [5.74, 6) is 3.60. The van der Waals surface area contributed by atoms with E-state index in [1.807, 2.05) is 18.1 Å². The standard InChI is InChI=1S/C13H16BrN3/c1-3-6-17(2)13-10(7-11(14)9-16-13)8-15-12-4-5-12/h1,7,9,12,15H,4-6,8H2,2H3. The van der Waals surface area contributed by atoms with Crippen molar-refractivity contribution in [1.29, 1.82) is 0 Å². The maximum Gasteiger partial charge on any atom is 0.133 e. The normalized spacial score (nSPS) is 14.4. The van der Waals surface area contributed by atoms with Crippen molar-refractivity contribution in [1.82, 2.24) is 10.3 Å². The summed E-state index contributed by atoms with van der Waals surface area (Å²) >= 11 is 3.46. The Morgan fingerprint density at radius 3 is 3.06 bits per heavy atom. The van der Waals surface area contributed by atoms with Crippen LogP contribution in [0, 0.1) is 12.3 Å². The third kappa shape index (κ3) is 3.45. The fraction of sp³-hybridized carbons (Fsp3) is 0.462. The van der Waals surface area contributed by atoms with Gasteiger partial charge in [0.15, 0.2) is 0 Å². The van der Waals surface area contributed by atoms with E-state index in [0.717, 1.165) is 16.8 Å². The number of pyridine rings is 1. The Labute approximate surface area is 111 Å². The van der Waals surface area contributed by atoms with Gasteiger partial charge in [0.25, 0.3) is 0 Å². The minimum atomic E-state index is 0.574. The van der Waals surface area contributed by atoms with Gasteiger partial charge in [0.05, 0.1) is 6.54 Å². The molecule has 1 aromatic rings. The first-order chi connectivity index (χ1) is 8.20. The lowest BCUT2D eigenvalue weighted by molar-refractivity contribution is 0.684. The SMILES string of the molecule is C#CCN(C)c1ncc(Br)cc1CNC1CC1. The van der Waals surface area contributed by atoms with Gasteiger partial charge in [0.1, 0.15) is 5.82 Å². The van der Waals surface area contributed by atoms with Crippen LogP contribution in [0.15, 0.2) is 16.7 Å². The Hall–Kier alpha value is -1.05. The Kier molecular flexibility index (Phi) is 4.03. The Morgan fingerprint density at radius 2 is 2.41 bits per heavy atom. The molecule has 0 spiro atoms. The number of rotatable bonds is 5. The molecule has 0 amide bonds. The van der Waals surface area contributed by atoms with Crippen molar-refractivity contribution in [3.63, 3.8) is 0 Å². The lowest BCUT2D eigenvalue weighted by atomic mass is 10.2. The highest BCUT2D eigenvalue weighted by atomic mass is 79.9. The lowest BCUT2D eigenvalue weighted by Gasteiger charge is -2.19. The van der Waals surface area contributed by atoms with Gasteiger partial charge in [-0.3, -0.25) is 0 Å². The zero-order valence-electron chi connectivity index (χ0n) is 9.91. The summed E-state index contributed by atoms with van der Waals surface area (Å²) in [5.41, 5.74) is 1.18. The van der Waals surface area contributed by atoms with E-state index in [2.05, 4.69) is 38.2 Å². The summed E-state index contributed by atoms with van der Waals surface area (Å²) in [5, 5.41) is 3.50. The van der Waals surface area contributed by atoms with Crippen molar-refractivity contribution < 1.29 is 0 Å². The lowest BCUT2D eigenvalue weighted by Crippen LogP contribution is -2.23. The number of hydrogen-bond donors (Lipinski definition) is 1. The van der Waals surface area contributed by atoms with Gasteiger partial charge in [0, 0.05) is 35.9 Å². The van der Waals surface area contributed by atoms with Crippen LogP contribution in [-0.4, -0.2) is 24.6 Å². The van der Waals surface area contributed by atoms with Gasteiger partial charge in [-0.2, -0.15) is 0 Å². The number of anilines is 1. The average molecular weight is 294 g/mol. The molecule has 1 aliphatic carbocycles. The average Bonchev–Trinajstić information content (AvgIpc) is 3.10. The van der Waals surface area contributed by atoms with Crippen molar-refractivity contribution in [2.75, 3.05) is 18.5 Å². The van der Waals surface area contributed by atoms with E-state index in [1.54, 1.807) is 0 Å². The van der Waals surface area contributed by atoms with E-state index in [4.69, 9.17) is 6.42 Å². The second kappa shape index (κ2) is 5.52. The summed E-state index contributed by atoms with van der Waals surface area (Å²) in [4.78, 5) is 6.43. The second-order valence-electron chi connectivity index (χ2n) is 4.35. The molecule has 4 heteroatoms. The summed E-state index contributed by atoms with van der Waals surface area (Å²) in [7, 11) is 1.97. The van der Waals surface area contributed by atoms with Crippen LogP contribution in [-0.2, 0) is 6.54 Å². The molecule has 1 heterocycles. The first-order valence-electron chi connectivity index (χ1n) is 5.73. The highest BCUT2D eigenvalue weighted by Gasteiger charge is 2.21. The third-order valence-corrected chi connectivity index (χ3v) is 3.19. The predicted molar refractivity (Wildman–Crippen MR) is 73.9 cm³/mol. The molecule has 0 aromatic carbocycles. The van der Waals surface area contributed by atoms with Crippen molar-refractivity contribution in [3.05, 3.63) is 22.3 Å². The van der Waals surface area contributed by atoms with Gasteiger partial charge in [-0.25, -0.2) is 4.98 Å². The van der Waals surface area contributed by atoms with E-state index in [0.29, 0.717) is 12.6 Å². The predicted octanol–water partition coefficient (Wildman–Crippen LogP) is 2.17. The van der Waals surface area contributed by atoms with Crippen molar-refractivity contribution in [2.45, 2.75) is 25.4 Å². The van der Waals surface area contributed by atoms with Crippen LogP contribution in [0.25, 0.3) is 0 Å². The number of hydrogen-bond acceptors (Lipinski definition) is 3. The van der Waals surface area contributed by atoms with Gasteiger partial charge >= 0.3 is 0 Å². The maximum absolute atomic E-state index is 5.33. The highest BCUT2D eigenvalue weighted by molar-refractivity contribution is 9.10. The van der Waals surface area contributed by atoms with Gasteiger partial charge < -0.3 is 10.2 Å². The van der Waals surface area contributed by atoms with Crippen LogP contribution in [0.2, 0.25) is 0 Å². The number of nitrogens with one attached hydrogen (secondary N) is 1. The molecule has 1 aromatic heterocycles. The van der Waals surface area contributed by atoms with E-state index >= 15 is 0 Å². The van der Waals surface area contributed by atoms with E-state index in [1.165, 1.54) is 18.4 Å². The molecule has 0 saturated heterocycles. The Bertz CT molecular complexity index is 435. The molecule has 1 aliphatic rings.